The van der Waals surface area contributed by atoms with E-state index in [2.05, 4.69) is 26.6 Å². The second-order valence-electron chi connectivity index (χ2n) is 5.43. The van der Waals surface area contributed by atoms with Gasteiger partial charge < -0.3 is 15.1 Å². The quantitative estimate of drug-likeness (QED) is 0.677. The zero-order chi connectivity index (χ0) is 17.4. The lowest BCUT2D eigenvalue weighted by atomic mass is 10.2. The first-order chi connectivity index (χ1) is 11.6. The van der Waals surface area contributed by atoms with Crippen molar-refractivity contribution in [2.45, 2.75) is 26.2 Å². The average molecular weight is 393 g/mol. The lowest BCUT2D eigenvalue weighted by Crippen LogP contribution is -2.28. The molecule has 0 atom stereocenters. The molecule has 2 amide bonds. The first kappa shape index (κ1) is 18.3. The van der Waals surface area contributed by atoms with Crippen molar-refractivity contribution in [1.29, 1.82) is 0 Å². The molecule has 1 aromatic heterocycles. The van der Waals surface area contributed by atoms with Crippen molar-refractivity contribution in [2.75, 3.05) is 13.1 Å². The van der Waals surface area contributed by atoms with Crippen molar-refractivity contribution < 1.29 is 14.0 Å². The Morgan fingerprint density at radius 3 is 2.58 bits per heavy atom. The molecular weight excluding hydrogens is 372 g/mol. The molecule has 0 unspecified atom stereocenters. The second-order valence-corrected chi connectivity index (χ2v) is 6.29. The van der Waals surface area contributed by atoms with Crippen LogP contribution in [0.25, 0.3) is 11.3 Å². The van der Waals surface area contributed by atoms with Gasteiger partial charge in [0.2, 0.25) is 11.8 Å². The Hall–Kier alpha value is -2.08. The van der Waals surface area contributed by atoms with Gasteiger partial charge in [0.25, 0.3) is 0 Å². The third kappa shape index (κ3) is 5.85. The Bertz CT molecular complexity index is 697. The zero-order valence-corrected chi connectivity index (χ0v) is 15.2. The number of furan rings is 1. The van der Waals surface area contributed by atoms with Crippen molar-refractivity contribution in [2.24, 2.45) is 0 Å². The molecule has 1 aromatic carbocycles. The molecule has 0 spiro atoms. The summed E-state index contributed by atoms with van der Waals surface area (Å²) < 4.78 is 6.79. The van der Waals surface area contributed by atoms with Crippen LogP contribution in [0.3, 0.4) is 0 Å². The molecule has 0 radical (unpaired) electrons. The van der Waals surface area contributed by atoms with Crippen LogP contribution in [0, 0.1) is 0 Å². The molecule has 24 heavy (non-hydrogen) atoms. The van der Waals surface area contributed by atoms with E-state index in [4.69, 9.17) is 4.42 Å². The number of nitrogens with one attached hydrogen (secondary N) is 2. The fourth-order valence-electron chi connectivity index (χ4n) is 2.22. The van der Waals surface area contributed by atoms with Crippen LogP contribution in [0.2, 0.25) is 0 Å². The van der Waals surface area contributed by atoms with Crippen LogP contribution >= 0.6 is 15.9 Å². The molecule has 0 aliphatic heterocycles. The molecule has 128 valence electrons. The number of halogens is 1. The molecular formula is C18H21BrN2O3. The summed E-state index contributed by atoms with van der Waals surface area (Å²) in [5, 5.41) is 5.53. The number of carbonyl (C=O) groups is 2. The van der Waals surface area contributed by atoms with E-state index in [0.717, 1.165) is 28.0 Å². The summed E-state index contributed by atoms with van der Waals surface area (Å²) in [6, 6.07) is 11.7. The molecule has 0 aliphatic carbocycles. The molecule has 0 bridgehead atoms. The lowest BCUT2D eigenvalue weighted by molar-refractivity contribution is -0.121. The highest BCUT2D eigenvalue weighted by atomic mass is 79.9. The Morgan fingerprint density at radius 1 is 1.08 bits per heavy atom. The van der Waals surface area contributed by atoms with Crippen molar-refractivity contribution in [3.63, 3.8) is 0 Å². The molecule has 0 fully saturated rings. The van der Waals surface area contributed by atoms with Gasteiger partial charge in [-0.1, -0.05) is 34.1 Å². The molecule has 2 N–H and O–H groups in total. The Morgan fingerprint density at radius 2 is 1.83 bits per heavy atom. The summed E-state index contributed by atoms with van der Waals surface area (Å²) >= 11 is 3.50. The first-order valence-corrected chi connectivity index (χ1v) is 8.70. The molecule has 1 heterocycles. The van der Waals surface area contributed by atoms with Crippen LogP contribution in [-0.4, -0.2) is 24.9 Å². The van der Waals surface area contributed by atoms with Gasteiger partial charge in [-0.25, -0.2) is 0 Å². The summed E-state index contributed by atoms with van der Waals surface area (Å²) in [5.41, 5.74) is 0.992. The van der Waals surface area contributed by atoms with Crippen molar-refractivity contribution in [3.8, 4) is 11.3 Å². The van der Waals surface area contributed by atoms with Crippen LogP contribution in [0.4, 0.5) is 0 Å². The Balaban J connectivity index is 1.74. The smallest absolute Gasteiger partial charge is 0.220 e. The zero-order valence-electron chi connectivity index (χ0n) is 13.6. The standard InChI is InChI=1S/C18H21BrN2O3/c1-13(22)20-11-4-12-21-18(23)10-8-14-7-9-17(24-14)15-5-2-3-6-16(15)19/h2-3,5-7,9H,4,8,10-12H2,1H3,(H,20,22)(H,21,23). The highest BCUT2D eigenvalue weighted by Crippen LogP contribution is 2.29. The van der Waals surface area contributed by atoms with E-state index in [0.29, 0.717) is 25.9 Å². The van der Waals surface area contributed by atoms with E-state index >= 15 is 0 Å². The highest BCUT2D eigenvalue weighted by Gasteiger charge is 2.09. The van der Waals surface area contributed by atoms with Crippen LogP contribution in [0.15, 0.2) is 45.3 Å². The van der Waals surface area contributed by atoms with Crippen LogP contribution in [0.5, 0.6) is 0 Å². The van der Waals surface area contributed by atoms with Gasteiger partial charge in [0.05, 0.1) is 0 Å². The topological polar surface area (TPSA) is 71.3 Å². The maximum Gasteiger partial charge on any atom is 0.220 e. The molecule has 6 heteroatoms. The SMILES string of the molecule is CC(=O)NCCCNC(=O)CCc1ccc(-c2ccccc2Br)o1. The number of amides is 2. The van der Waals surface area contributed by atoms with E-state index in [1.807, 2.05) is 36.4 Å². The summed E-state index contributed by atoms with van der Waals surface area (Å²) in [4.78, 5) is 22.5. The summed E-state index contributed by atoms with van der Waals surface area (Å²) in [6.07, 6.45) is 1.66. The highest BCUT2D eigenvalue weighted by molar-refractivity contribution is 9.10. The second kappa shape index (κ2) is 9.27. The van der Waals surface area contributed by atoms with E-state index in [1.54, 1.807) is 0 Å². The molecule has 0 saturated heterocycles. The number of hydrogen-bond donors (Lipinski definition) is 2. The number of benzene rings is 1. The average Bonchev–Trinajstić information content (AvgIpc) is 3.01. The maximum atomic E-state index is 11.8. The van der Waals surface area contributed by atoms with E-state index < -0.39 is 0 Å². The van der Waals surface area contributed by atoms with Crippen LogP contribution in [0.1, 0.15) is 25.5 Å². The van der Waals surface area contributed by atoms with Gasteiger partial charge in [-0.15, -0.1) is 0 Å². The third-order valence-corrected chi connectivity index (χ3v) is 4.14. The van der Waals surface area contributed by atoms with Gasteiger partial charge >= 0.3 is 0 Å². The minimum absolute atomic E-state index is 0.0170. The molecule has 2 rings (SSSR count). The van der Waals surface area contributed by atoms with Gasteiger partial charge in [-0.2, -0.15) is 0 Å². The maximum absolute atomic E-state index is 11.8. The van der Waals surface area contributed by atoms with E-state index in [-0.39, 0.29) is 11.8 Å². The van der Waals surface area contributed by atoms with Crippen LogP contribution in [-0.2, 0) is 16.0 Å². The van der Waals surface area contributed by atoms with Crippen molar-refractivity contribution in [3.05, 3.63) is 46.6 Å². The number of aryl methyl sites for hydroxylation is 1. The minimum Gasteiger partial charge on any atom is -0.461 e. The number of rotatable bonds is 8. The van der Waals surface area contributed by atoms with Gasteiger partial charge in [0.1, 0.15) is 11.5 Å². The van der Waals surface area contributed by atoms with Gasteiger partial charge in [-0.3, -0.25) is 9.59 Å². The van der Waals surface area contributed by atoms with Gasteiger partial charge in [0.15, 0.2) is 0 Å². The Labute approximate surface area is 149 Å². The monoisotopic (exact) mass is 392 g/mol. The summed E-state index contributed by atoms with van der Waals surface area (Å²) in [5.74, 6) is 1.50. The van der Waals surface area contributed by atoms with Crippen LogP contribution < -0.4 is 10.6 Å². The fourth-order valence-corrected chi connectivity index (χ4v) is 2.70. The molecule has 0 saturated carbocycles. The van der Waals surface area contributed by atoms with E-state index in [1.165, 1.54) is 6.92 Å². The summed E-state index contributed by atoms with van der Waals surface area (Å²) in [7, 11) is 0. The van der Waals surface area contributed by atoms with Crippen molar-refractivity contribution in [1.82, 2.24) is 10.6 Å². The number of carbonyl (C=O) groups excluding carboxylic acids is 2. The lowest BCUT2D eigenvalue weighted by Gasteiger charge is -2.05. The summed E-state index contributed by atoms with van der Waals surface area (Å²) in [6.45, 7) is 2.60. The largest absolute Gasteiger partial charge is 0.461 e. The van der Waals surface area contributed by atoms with Gasteiger partial charge in [0, 0.05) is 42.9 Å². The fraction of sp³-hybridized carbons (Fsp3) is 0.333. The van der Waals surface area contributed by atoms with Gasteiger partial charge in [-0.05, 0) is 24.6 Å². The minimum atomic E-state index is -0.0556. The predicted octanol–water partition coefficient (Wildman–Crippen LogP) is 3.28. The third-order valence-electron chi connectivity index (χ3n) is 3.45. The predicted molar refractivity (Wildman–Crippen MR) is 96.5 cm³/mol. The molecule has 0 aliphatic rings. The molecule has 5 nitrogen and oxygen atoms in total. The normalized spacial score (nSPS) is 10.4. The van der Waals surface area contributed by atoms with E-state index in [9.17, 15) is 9.59 Å². The number of hydrogen-bond acceptors (Lipinski definition) is 3. The molecule has 2 aromatic rings. The first-order valence-electron chi connectivity index (χ1n) is 7.91. The Kier molecular flexibility index (Phi) is 7.06. The van der Waals surface area contributed by atoms with Crippen molar-refractivity contribution >= 4 is 27.7 Å².